The molecule has 0 radical (unpaired) electrons. The first kappa shape index (κ1) is 18.5. The van der Waals surface area contributed by atoms with Crippen LogP contribution < -0.4 is 9.64 Å². The fourth-order valence-corrected chi connectivity index (χ4v) is 2.44. The second-order valence-corrected chi connectivity index (χ2v) is 5.62. The van der Waals surface area contributed by atoms with E-state index in [4.69, 9.17) is 4.74 Å². The van der Waals surface area contributed by atoms with Crippen LogP contribution in [0.25, 0.3) is 11.5 Å². The molecule has 27 heavy (non-hydrogen) atoms. The van der Waals surface area contributed by atoms with E-state index in [2.05, 4.69) is 21.2 Å². The smallest absolute Gasteiger partial charge is 0.470 e. The highest BCUT2D eigenvalue weighted by atomic mass is 19.4. The van der Waals surface area contributed by atoms with Gasteiger partial charge in [0.1, 0.15) is 5.75 Å². The van der Waals surface area contributed by atoms with Gasteiger partial charge in [-0.25, -0.2) is 0 Å². The molecule has 0 amide bonds. The second-order valence-electron chi connectivity index (χ2n) is 5.62. The van der Waals surface area contributed by atoms with Gasteiger partial charge in [-0.3, -0.25) is 0 Å². The van der Waals surface area contributed by atoms with Crippen LogP contribution in [0.15, 0.2) is 65.7 Å². The van der Waals surface area contributed by atoms with Crippen molar-refractivity contribution in [2.24, 2.45) is 0 Å². The van der Waals surface area contributed by atoms with Gasteiger partial charge in [0.2, 0.25) is 5.89 Å². The lowest BCUT2D eigenvalue weighted by atomic mass is 10.1. The third-order valence-electron chi connectivity index (χ3n) is 3.85. The number of rotatable bonds is 6. The summed E-state index contributed by atoms with van der Waals surface area (Å²) >= 11 is 0. The van der Waals surface area contributed by atoms with Crippen molar-refractivity contribution in [3.63, 3.8) is 0 Å². The molecule has 0 saturated carbocycles. The fourth-order valence-electron chi connectivity index (χ4n) is 2.44. The molecule has 3 rings (SSSR count). The fraction of sp³-hybridized carbons (Fsp3) is 0.158. The number of methoxy groups -OCH3 is 1. The Bertz CT molecular complexity index is 903. The van der Waals surface area contributed by atoms with Crippen molar-refractivity contribution < 1.29 is 22.3 Å². The molecule has 0 aliphatic rings. The lowest BCUT2D eigenvalue weighted by molar-refractivity contribution is -0.156. The zero-order valence-electron chi connectivity index (χ0n) is 14.4. The maximum absolute atomic E-state index is 12.6. The van der Waals surface area contributed by atoms with Crippen molar-refractivity contribution in [3.05, 3.63) is 72.8 Å². The van der Waals surface area contributed by atoms with Crippen LogP contribution >= 0.6 is 0 Å². The molecule has 0 saturated heterocycles. The lowest BCUT2D eigenvalue weighted by Gasteiger charge is -2.20. The van der Waals surface area contributed by atoms with Crippen LogP contribution in [0.2, 0.25) is 0 Å². The summed E-state index contributed by atoms with van der Waals surface area (Å²) in [7, 11) is 1.60. The van der Waals surface area contributed by atoms with Crippen LogP contribution in [0.4, 0.5) is 18.9 Å². The van der Waals surface area contributed by atoms with E-state index in [1.807, 2.05) is 29.2 Å². The van der Waals surface area contributed by atoms with E-state index >= 15 is 0 Å². The molecular weight excluding hydrogens is 359 g/mol. The van der Waals surface area contributed by atoms with Crippen LogP contribution in [-0.4, -0.2) is 17.3 Å². The SMILES string of the molecule is C=CN(Cc1ccc(-c2nnc(C(F)(F)F)o2)cc1)c1ccc(OC)cc1. The van der Waals surface area contributed by atoms with Crippen molar-refractivity contribution in [1.29, 1.82) is 0 Å². The minimum absolute atomic E-state index is 0.176. The van der Waals surface area contributed by atoms with Gasteiger partial charge in [-0.15, -0.1) is 10.2 Å². The summed E-state index contributed by atoms with van der Waals surface area (Å²) in [6.45, 7) is 4.36. The number of anilines is 1. The summed E-state index contributed by atoms with van der Waals surface area (Å²) in [5.74, 6) is -0.784. The summed E-state index contributed by atoms with van der Waals surface area (Å²) in [6.07, 6.45) is -2.96. The van der Waals surface area contributed by atoms with E-state index in [1.54, 1.807) is 37.6 Å². The van der Waals surface area contributed by atoms with E-state index in [0.717, 1.165) is 17.0 Å². The quantitative estimate of drug-likeness (QED) is 0.612. The number of hydrogen-bond acceptors (Lipinski definition) is 5. The largest absolute Gasteiger partial charge is 0.497 e. The highest BCUT2D eigenvalue weighted by molar-refractivity contribution is 5.55. The molecule has 1 aromatic heterocycles. The normalized spacial score (nSPS) is 11.3. The maximum atomic E-state index is 12.6. The van der Waals surface area contributed by atoms with Crippen molar-refractivity contribution in [2.75, 3.05) is 12.0 Å². The van der Waals surface area contributed by atoms with Crippen LogP contribution in [0.5, 0.6) is 5.75 Å². The third kappa shape index (κ3) is 4.28. The summed E-state index contributed by atoms with van der Waals surface area (Å²) in [4.78, 5) is 1.93. The van der Waals surface area contributed by atoms with Crippen LogP contribution in [-0.2, 0) is 12.7 Å². The number of alkyl halides is 3. The van der Waals surface area contributed by atoms with E-state index in [0.29, 0.717) is 12.1 Å². The predicted molar refractivity (Wildman–Crippen MR) is 94.1 cm³/mol. The molecule has 5 nitrogen and oxygen atoms in total. The first-order chi connectivity index (χ1) is 12.9. The Morgan fingerprint density at radius 2 is 1.74 bits per heavy atom. The number of nitrogens with zero attached hydrogens (tertiary/aromatic N) is 3. The van der Waals surface area contributed by atoms with Gasteiger partial charge in [-0.1, -0.05) is 18.7 Å². The molecule has 8 heteroatoms. The average molecular weight is 375 g/mol. The van der Waals surface area contributed by atoms with Crippen LogP contribution in [0.1, 0.15) is 11.5 Å². The summed E-state index contributed by atoms with van der Waals surface area (Å²) in [6, 6.07) is 14.4. The Kier molecular flexibility index (Phi) is 5.16. The average Bonchev–Trinajstić information content (AvgIpc) is 3.17. The number of aromatic nitrogens is 2. The molecule has 3 aromatic rings. The van der Waals surface area contributed by atoms with Crippen molar-refractivity contribution in [2.45, 2.75) is 12.7 Å². The van der Waals surface area contributed by atoms with Gasteiger partial charge in [0.05, 0.1) is 7.11 Å². The Balaban J connectivity index is 1.74. The second kappa shape index (κ2) is 7.53. The first-order valence-corrected chi connectivity index (χ1v) is 7.94. The van der Waals surface area contributed by atoms with E-state index in [1.165, 1.54) is 0 Å². The summed E-state index contributed by atoms with van der Waals surface area (Å²) < 4.78 is 47.5. The predicted octanol–water partition coefficient (Wildman–Crippen LogP) is 4.91. The molecule has 0 N–H and O–H groups in total. The monoisotopic (exact) mass is 375 g/mol. The van der Waals surface area contributed by atoms with Gasteiger partial charge in [0.15, 0.2) is 0 Å². The first-order valence-electron chi connectivity index (χ1n) is 7.94. The zero-order chi connectivity index (χ0) is 19.4. The van der Waals surface area contributed by atoms with Gasteiger partial charge < -0.3 is 14.1 Å². The van der Waals surface area contributed by atoms with Crippen molar-refractivity contribution in [1.82, 2.24) is 10.2 Å². The number of hydrogen-bond donors (Lipinski definition) is 0. The molecular formula is C19H16F3N3O2. The van der Waals surface area contributed by atoms with Gasteiger partial charge >= 0.3 is 12.1 Å². The summed E-state index contributed by atoms with van der Waals surface area (Å²) in [5.41, 5.74) is 2.28. The zero-order valence-corrected chi connectivity index (χ0v) is 14.4. The molecule has 0 aliphatic carbocycles. The Hall–Kier alpha value is -3.29. The lowest BCUT2D eigenvalue weighted by Crippen LogP contribution is -2.14. The highest BCUT2D eigenvalue weighted by Gasteiger charge is 2.38. The minimum atomic E-state index is -4.66. The topological polar surface area (TPSA) is 51.4 Å². The minimum Gasteiger partial charge on any atom is -0.497 e. The maximum Gasteiger partial charge on any atom is 0.470 e. The standard InChI is InChI=1S/C19H16F3N3O2/c1-3-25(15-8-10-16(26-2)11-9-15)12-13-4-6-14(7-5-13)17-23-24-18(27-17)19(20,21)22/h3-11H,1,12H2,2H3. The van der Waals surface area contributed by atoms with E-state index in [9.17, 15) is 13.2 Å². The van der Waals surface area contributed by atoms with Crippen LogP contribution in [0, 0.1) is 0 Å². The number of halogens is 3. The molecule has 0 spiro atoms. The Morgan fingerprint density at radius 3 is 2.26 bits per heavy atom. The van der Waals surface area contributed by atoms with Gasteiger partial charge in [-0.2, -0.15) is 13.2 Å². The number of benzene rings is 2. The highest BCUT2D eigenvalue weighted by Crippen LogP contribution is 2.30. The molecule has 0 unspecified atom stereocenters. The van der Waals surface area contributed by atoms with Gasteiger partial charge in [-0.05, 0) is 48.2 Å². The Labute approximate surface area is 153 Å². The molecule has 0 bridgehead atoms. The Morgan fingerprint density at radius 1 is 1.07 bits per heavy atom. The van der Waals surface area contributed by atoms with Crippen molar-refractivity contribution >= 4 is 5.69 Å². The van der Waals surface area contributed by atoms with Crippen molar-refractivity contribution in [3.8, 4) is 17.2 Å². The van der Waals surface area contributed by atoms with Gasteiger partial charge in [0, 0.05) is 17.8 Å². The molecule has 140 valence electrons. The molecule has 1 heterocycles. The molecule has 0 atom stereocenters. The van der Waals surface area contributed by atoms with Gasteiger partial charge in [0.25, 0.3) is 0 Å². The third-order valence-corrected chi connectivity index (χ3v) is 3.85. The van der Waals surface area contributed by atoms with Crippen LogP contribution in [0.3, 0.4) is 0 Å². The van der Waals surface area contributed by atoms with E-state index in [-0.39, 0.29) is 5.89 Å². The molecule has 2 aromatic carbocycles. The van der Waals surface area contributed by atoms with E-state index < -0.39 is 12.1 Å². The molecule has 0 fully saturated rings. The molecule has 0 aliphatic heterocycles. The summed E-state index contributed by atoms with van der Waals surface area (Å²) in [5, 5.41) is 6.48. The number of ether oxygens (including phenoxy) is 1.